The molecule has 1 aromatic carbocycles. The SMILES string of the molecule is CCNC(Cc1ccc(OC)c(OC)c1)c1cscc1Br. The van der Waals surface area contributed by atoms with E-state index >= 15 is 0 Å². The second-order valence-electron chi connectivity index (χ2n) is 4.68. The van der Waals surface area contributed by atoms with E-state index in [1.807, 2.05) is 12.1 Å². The Morgan fingerprint density at radius 3 is 2.52 bits per heavy atom. The number of methoxy groups -OCH3 is 2. The Morgan fingerprint density at radius 2 is 1.95 bits per heavy atom. The summed E-state index contributed by atoms with van der Waals surface area (Å²) < 4.78 is 11.8. The van der Waals surface area contributed by atoms with Crippen LogP contribution in [0.3, 0.4) is 0 Å². The molecule has 1 N–H and O–H groups in total. The predicted molar refractivity (Wildman–Crippen MR) is 91.7 cm³/mol. The van der Waals surface area contributed by atoms with Crippen LogP contribution in [0.1, 0.15) is 24.1 Å². The first kappa shape index (κ1) is 16.3. The number of hydrogen-bond acceptors (Lipinski definition) is 4. The van der Waals surface area contributed by atoms with Crippen molar-refractivity contribution in [1.29, 1.82) is 0 Å². The van der Waals surface area contributed by atoms with Crippen LogP contribution in [-0.2, 0) is 6.42 Å². The number of benzene rings is 1. The van der Waals surface area contributed by atoms with Gasteiger partial charge in [-0.2, -0.15) is 11.3 Å². The fourth-order valence-corrected chi connectivity index (χ4v) is 3.95. The molecular weight excluding hydrogens is 350 g/mol. The summed E-state index contributed by atoms with van der Waals surface area (Å²) in [6.45, 7) is 3.06. The number of nitrogens with one attached hydrogen (secondary N) is 1. The maximum atomic E-state index is 5.38. The Bertz CT molecular complexity index is 585. The monoisotopic (exact) mass is 369 g/mol. The molecule has 1 heterocycles. The zero-order valence-corrected chi connectivity index (χ0v) is 14.9. The fourth-order valence-electron chi connectivity index (χ4n) is 2.32. The van der Waals surface area contributed by atoms with Crippen molar-refractivity contribution >= 4 is 27.3 Å². The largest absolute Gasteiger partial charge is 0.493 e. The molecule has 0 bridgehead atoms. The van der Waals surface area contributed by atoms with Crippen LogP contribution in [0, 0.1) is 0 Å². The number of hydrogen-bond donors (Lipinski definition) is 1. The number of halogens is 1. The third-order valence-corrected chi connectivity index (χ3v) is 5.11. The van der Waals surface area contributed by atoms with Crippen molar-refractivity contribution in [2.75, 3.05) is 20.8 Å². The molecule has 0 aliphatic carbocycles. The average molecular weight is 370 g/mol. The van der Waals surface area contributed by atoms with Gasteiger partial charge in [-0.15, -0.1) is 0 Å². The Balaban J connectivity index is 2.23. The lowest BCUT2D eigenvalue weighted by molar-refractivity contribution is 0.354. The van der Waals surface area contributed by atoms with Crippen LogP contribution in [0.4, 0.5) is 0 Å². The van der Waals surface area contributed by atoms with Gasteiger partial charge in [0.15, 0.2) is 11.5 Å². The van der Waals surface area contributed by atoms with Crippen molar-refractivity contribution in [1.82, 2.24) is 5.32 Å². The highest BCUT2D eigenvalue weighted by molar-refractivity contribution is 9.10. The molecule has 0 amide bonds. The quantitative estimate of drug-likeness (QED) is 0.783. The van der Waals surface area contributed by atoms with Gasteiger partial charge in [-0.25, -0.2) is 0 Å². The molecule has 0 fully saturated rings. The average Bonchev–Trinajstić information content (AvgIpc) is 2.92. The second kappa shape index (κ2) is 7.82. The van der Waals surface area contributed by atoms with E-state index in [4.69, 9.17) is 9.47 Å². The fraction of sp³-hybridized carbons (Fsp3) is 0.375. The number of thiophene rings is 1. The van der Waals surface area contributed by atoms with Crippen molar-refractivity contribution in [2.24, 2.45) is 0 Å². The van der Waals surface area contributed by atoms with E-state index in [0.29, 0.717) is 0 Å². The summed E-state index contributed by atoms with van der Waals surface area (Å²) in [5, 5.41) is 7.86. The van der Waals surface area contributed by atoms with Crippen molar-refractivity contribution in [3.05, 3.63) is 44.6 Å². The standard InChI is InChI=1S/C16H20BrNO2S/c1-4-18-14(12-9-21-10-13(12)17)7-11-5-6-15(19-2)16(8-11)20-3/h5-6,8-10,14,18H,4,7H2,1-3H3. The summed E-state index contributed by atoms with van der Waals surface area (Å²) in [6, 6.07) is 6.38. The molecule has 0 saturated heterocycles. The summed E-state index contributed by atoms with van der Waals surface area (Å²) in [7, 11) is 3.32. The summed E-state index contributed by atoms with van der Waals surface area (Å²) in [6.07, 6.45) is 0.906. The minimum absolute atomic E-state index is 0.286. The Morgan fingerprint density at radius 1 is 1.19 bits per heavy atom. The second-order valence-corrected chi connectivity index (χ2v) is 6.28. The Hall–Kier alpha value is -1.04. The van der Waals surface area contributed by atoms with Gasteiger partial charge in [-0.3, -0.25) is 0 Å². The van der Waals surface area contributed by atoms with Gasteiger partial charge in [-0.1, -0.05) is 13.0 Å². The van der Waals surface area contributed by atoms with Crippen LogP contribution in [0.5, 0.6) is 11.5 Å². The first-order valence-electron chi connectivity index (χ1n) is 6.85. The normalized spacial score (nSPS) is 12.2. The van der Waals surface area contributed by atoms with Crippen molar-refractivity contribution < 1.29 is 9.47 Å². The number of likely N-dealkylation sites (N-methyl/N-ethyl adjacent to an activating group) is 1. The molecule has 0 aliphatic heterocycles. The zero-order valence-electron chi connectivity index (χ0n) is 12.5. The molecule has 21 heavy (non-hydrogen) atoms. The van der Waals surface area contributed by atoms with Gasteiger partial charge < -0.3 is 14.8 Å². The molecule has 0 aliphatic rings. The van der Waals surface area contributed by atoms with Gasteiger partial charge in [0.2, 0.25) is 0 Å². The molecule has 0 saturated carbocycles. The summed E-state index contributed by atoms with van der Waals surface area (Å²) >= 11 is 5.34. The van der Waals surface area contributed by atoms with E-state index in [0.717, 1.165) is 24.5 Å². The highest BCUT2D eigenvalue weighted by Gasteiger charge is 2.16. The third-order valence-electron chi connectivity index (χ3n) is 3.36. The maximum Gasteiger partial charge on any atom is 0.160 e. The zero-order chi connectivity index (χ0) is 15.2. The van der Waals surface area contributed by atoms with E-state index in [2.05, 4.69) is 45.0 Å². The molecule has 0 spiro atoms. The molecule has 114 valence electrons. The van der Waals surface area contributed by atoms with Gasteiger partial charge in [0.05, 0.1) is 14.2 Å². The van der Waals surface area contributed by atoms with Crippen molar-refractivity contribution in [3.8, 4) is 11.5 Å². The van der Waals surface area contributed by atoms with E-state index in [1.165, 1.54) is 15.6 Å². The van der Waals surface area contributed by atoms with Crippen LogP contribution < -0.4 is 14.8 Å². The van der Waals surface area contributed by atoms with E-state index in [1.54, 1.807) is 25.6 Å². The molecule has 0 radical (unpaired) electrons. The van der Waals surface area contributed by atoms with E-state index in [-0.39, 0.29) is 6.04 Å². The lowest BCUT2D eigenvalue weighted by atomic mass is 10.0. The summed E-state index contributed by atoms with van der Waals surface area (Å²) in [5.41, 5.74) is 2.52. The van der Waals surface area contributed by atoms with Gasteiger partial charge >= 0.3 is 0 Å². The highest BCUT2D eigenvalue weighted by Crippen LogP contribution is 2.32. The van der Waals surface area contributed by atoms with Crippen LogP contribution in [0.25, 0.3) is 0 Å². The maximum absolute atomic E-state index is 5.38. The van der Waals surface area contributed by atoms with Crippen LogP contribution in [0.15, 0.2) is 33.4 Å². The topological polar surface area (TPSA) is 30.5 Å². The molecule has 5 heteroatoms. The van der Waals surface area contributed by atoms with Crippen LogP contribution in [0.2, 0.25) is 0 Å². The van der Waals surface area contributed by atoms with Gasteiger partial charge in [0.25, 0.3) is 0 Å². The highest BCUT2D eigenvalue weighted by atomic mass is 79.9. The lowest BCUT2D eigenvalue weighted by Crippen LogP contribution is -2.22. The summed E-state index contributed by atoms with van der Waals surface area (Å²) in [5.74, 6) is 1.53. The first-order valence-corrected chi connectivity index (χ1v) is 8.59. The minimum Gasteiger partial charge on any atom is -0.493 e. The smallest absolute Gasteiger partial charge is 0.160 e. The van der Waals surface area contributed by atoms with Gasteiger partial charge in [0, 0.05) is 15.9 Å². The molecule has 2 aromatic rings. The Kier molecular flexibility index (Phi) is 6.08. The van der Waals surface area contributed by atoms with Crippen LogP contribution in [-0.4, -0.2) is 20.8 Å². The van der Waals surface area contributed by atoms with Crippen LogP contribution >= 0.6 is 27.3 Å². The molecule has 1 atom stereocenters. The summed E-state index contributed by atoms with van der Waals surface area (Å²) in [4.78, 5) is 0. The van der Waals surface area contributed by atoms with Crippen molar-refractivity contribution in [2.45, 2.75) is 19.4 Å². The molecule has 3 nitrogen and oxygen atoms in total. The van der Waals surface area contributed by atoms with Gasteiger partial charge in [0.1, 0.15) is 0 Å². The molecule has 1 aromatic heterocycles. The number of ether oxygens (including phenoxy) is 2. The molecule has 1 unspecified atom stereocenters. The third kappa shape index (κ3) is 3.99. The lowest BCUT2D eigenvalue weighted by Gasteiger charge is -2.18. The number of rotatable bonds is 7. The van der Waals surface area contributed by atoms with E-state index < -0.39 is 0 Å². The Labute approximate surface area is 138 Å². The molecule has 2 rings (SSSR count). The molecular formula is C16H20BrNO2S. The minimum atomic E-state index is 0.286. The van der Waals surface area contributed by atoms with E-state index in [9.17, 15) is 0 Å². The predicted octanol–water partition coefficient (Wildman–Crippen LogP) is 4.42. The van der Waals surface area contributed by atoms with Crippen molar-refractivity contribution in [3.63, 3.8) is 0 Å². The van der Waals surface area contributed by atoms with Gasteiger partial charge in [-0.05, 0) is 57.5 Å². The first-order chi connectivity index (χ1) is 10.2.